The van der Waals surface area contributed by atoms with Crippen LogP contribution in [0, 0.1) is 18.8 Å². The number of hydrogen-bond acceptors (Lipinski definition) is 5. The van der Waals surface area contributed by atoms with Crippen LogP contribution in [0.1, 0.15) is 39.2 Å². The van der Waals surface area contributed by atoms with Crippen LogP contribution >= 0.6 is 0 Å². The molecule has 10 heteroatoms. The Hall–Kier alpha value is -2.46. The van der Waals surface area contributed by atoms with Gasteiger partial charge in [0.15, 0.2) is 0 Å². The SMILES string of the molecule is CC(=O)NC(C(=O)NNC(=O)C1CCCN(S(=O)(=O)c2ccc(C)cc2)C1)C(C)C. The molecule has 1 aromatic rings. The molecule has 2 unspecified atom stereocenters. The number of rotatable bonds is 6. The van der Waals surface area contributed by atoms with Gasteiger partial charge >= 0.3 is 0 Å². The van der Waals surface area contributed by atoms with Gasteiger partial charge in [0.25, 0.3) is 5.91 Å². The summed E-state index contributed by atoms with van der Waals surface area (Å²) in [5.41, 5.74) is 5.66. The highest BCUT2D eigenvalue weighted by molar-refractivity contribution is 7.89. The number of amides is 3. The van der Waals surface area contributed by atoms with Crippen molar-refractivity contribution < 1.29 is 22.8 Å². The molecule has 30 heavy (non-hydrogen) atoms. The van der Waals surface area contributed by atoms with E-state index in [0.29, 0.717) is 19.4 Å². The molecule has 0 bridgehead atoms. The number of carbonyl (C=O) groups excluding carboxylic acids is 3. The van der Waals surface area contributed by atoms with E-state index in [2.05, 4.69) is 16.2 Å². The molecule has 3 N–H and O–H groups in total. The number of benzene rings is 1. The fourth-order valence-corrected chi connectivity index (χ4v) is 4.81. The lowest BCUT2D eigenvalue weighted by Gasteiger charge is -2.31. The van der Waals surface area contributed by atoms with Gasteiger partial charge in [0.05, 0.1) is 10.8 Å². The largest absolute Gasteiger partial charge is 0.344 e. The van der Waals surface area contributed by atoms with Crippen LogP contribution in [-0.2, 0) is 24.4 Å². The van der Waals surface area contributed by atoms with Crippen LogP contribution in [0.15, 0.2) is 29.2 Å². The van der Waals surface area contributed by atoms with Crippen molar-refractivity contribution in [3.63, 3.8) is 0 Å². The van der Waals surface area contributed by atoms with Gasteiger partial charge in [-0.15, -0.1) is 0 Å². The monoisotopic (exact) mass is 438 g/mol. The van der Waals surface area contributed by atoms with E-state index in [4.69, 9.17) is 0 Å². The third-order valence-electron chi connectivity index (χ3n) is 5.03. The van der Waals surface area contributed by atoms with Crippen molar-refractivity contribution in [2.45, 2.75) is 51.5 Å². The van der Waals surface area contributed by atoms with Crippen molar-refractivity contribution >= 4 is 27.7 Å². The van der Waals surface area contributed by atoms with Gasteiger partial charge in [-0.25, -0.2) is 8.42 Å². The maximum absolute atomic E-state index is 12.9. The molecule has 3 amide bonds. The second-order valence-electron chi connectivity index (χ2n) is 7.92. The number of carbonyl (C=O) groups is 3. The van der Waals surface area contributed by atoms with Gasteiger partial charge in [-0.3, -0.25) is 25.2 Å². The topological polar surface area (TPSA) is 125 Å². The Morgan fingerprint density at radius 3 is 2.30 bits per heavy atom. The highest BCUT2D eigenvalue weighted by Crippen LogP contribution is 2.24. The molecular formula is C20H30N4O5S. The molecule has 1 aliphatic heterocycles. The number of piperidine rings is 1. The molecule has 0 saturated carbocycles. The molecule has 166 valence electrons. The zero-order valence-corrected chi connectivity index (χ0v) is 18.6. The van der Waals surface area contributed by atoms with Crippen LogP contribution in [0.2, 0.25) is 0 Å². The summed E-state index contributed by atoms with van der Waals surface area (Å²) in [5, 5.41) is 2.54. The summed E-state index contributed by atoms with van der Waals surface area (Å²) < 4.78 is 27.1. The van der Waals surface area contributed by atoms with Crippen LogP contribution in [0.25, 0.3) is 0 Å². The van der Waals surface area contributed by atoms with Crippen molar-refractivity contribution in [2.24, 2.45) is 11.8 Å². The molecule has 2 rings (SSSR count). The second kappa shape index (κ2) is 10.0. The van der Waals surface area contributed by atoms with Gasteiger partial charge in [0, 0.05) is 20.0 Å². The van der Waals surface area contributed by atoms with Gasteiger partial charge in [-0.2, -0.15) is 4.31 Å². The molecule has 0 spiro atoms. The molecular weight excluding hydrogens is 408 g/mol. The normalized spacial score (nSPS) is 18.5. The minimum absolute atomic E-state index is 0.0389. The Bertz CT molecular complexity index is 883. The van der Waals surface area contributed by atoms with Crippen LogP contribution in [0.3, 0.4) is 0 Å². The maximum atomic E-state index is 12.9. The third kappa shape index (κ3) is 6.02. The zero-order valence-electron chi connectivity index (χ0n) is 17.8. The Morgan fingerprint density at radius 2 is 1.73 bits per heavy atom. The van der Waals surface area contributed by atoms with Crippen molar-refractivity contribution in [1.82, 2.24) is 20.5 Å². The van der Waals surface area contributed by atoms with E-state index in [9.17, 15) is 22.8 Å². The smallest absolute Gasteiger partial charge is 0.261 e. The molecule has 1 heterocycles. The summed E-state index contributed by atoms with van der Waals surface area (Å²) in [6.07, 6.45) is 1.05. The summed E-state index contributed by atoms with van der Waals surface area (Å²) in [4.78, 5) is 36.3. The Balaban J connectivity index is 1.99. The van der Waals surface area contributed by atoms with Gasteiger partial charge in [0.1, 0.15) is 6.04 Å². The average molecular weight is 439 g/mol. The van der Waals surface area contributed by atoms with E-state index in [1.807, 2.05) is 6.92 Å². The maximum Gasteiger partial charge on any atom is 0.261 e. The lowest BCUT2D eigenvalue weighted by atomic mass is 9.99. The molecule has 1 saturated heterocycles. The number of nitrogens with one attached hydrogen (secondary N) is 3. The van der Waals surface area contributed by atoms with Crippen LogP contribution in [0.5, 0.6) is 0 Å². The highest BCUT2D eigenvalue weighted by atomic mass is 32.2. The Labute approximate surface area is 177 Å². The molecule has 0 radical (unpaired) electrons. The molecule has 0 aromatic heterocycles. The quantitative estimate of drug-likeness (QED) is 0.564. The fraction of sp³-hybridized carbons (Fsp3) is 0.550. The van der Waals surface area contributed by atoms with Crippen LogP contribution in [0.4, 0.5) is 0 Å². The van der Waals surface area contributed by atoms with Gasteiger partial charge in [-0.05, 0) is 37.8 Å². The predicted molar refractivity (Wildman–Crippen MR) is 111 cm³/mol. The Kier molecular flexibility index (Phi) is 7.96. The molecule has 1 aromatic carbocycles. The summed E-state index contributed by atoms with van der Waals surface area (Å²) in [6, 6.07) is 5.80. The van der Waals surface area contributed by atoms with E-state index in [1.165, 1.54) is 11.2 Å². The molecule has 1 aliphatic rings. The molecule has 9 nitrogen and oxygen atoms in total. The fourth-order valence-electron chi connectivity index (χ4n) is 3.29. The van der Waals surface area contributed by atoms with Crippen molar-refractivity contribution in [3.05, 3.63) is 29.8 Å². The zero-order chi connectivity index (χ0) is 22.5. The van der Waals surface area contributed by atoms with Gasteiger partial charge in [0.2, 0.25) is 21.8 Å². The number of nitrogens with zero attached hydrogens (tertiary/aromatic N) is 1. The summed E-state index contributed by atoms with van der Waals surface area (Å²) in [7, 11) is -3.70. The van der Waals surface area contributed by atoms with E-state index in [-0.39, 0.29) is 23.3 Å². The first kappa shape index (κ1) is 23.8. The highest BCUT2D eigenvalue weighted by Gasteiger charge is 2.33. The first-order valence-electron chi connectivity index (χ1n) is 9.96. The number of hydrogen-bond donors (Lipinski definition) is 3. The van der Waals surface area contributed by atoms with E-state index in [1.54, 1.807) is 38.1 Å². The lowest BCUT2D eigenvalue weighted by molar-refractivity contribution is -0.134. The summed E-state index contributed by atoms with van der Waals surface area (Å²) >= 11 is 0. The van der Waals surface area contributed by atoms with Crippen molar-refractivity contribution in [2.75, 3.05) is 13.1 Å². The minimum atomic E-state index is -3.70. The number of hydrazine groups is 1. The third-order valence-corrected chi connectivity index (χ3v) is 6.91. The van der Waals surface area contributed by atoms with E-state index < -0.39 is 33.8 Å². The standard InChI is InChI=1S/C20H30N4O5S/c1-13(2)18(21-15(4)25)20(27)23-22-19(26)16-6-5-11-24(12-16)30(28,29)17-9-7-14(3)8-10-17/h7-10,13,16,18H,5-6,11-12H2,1-4H3,(H,21,25)(H,22,26)(H,23,27). The molecule has 1 fully saturated rings. The first-order chi connectivity index (χ1) is 14.0. The number of aryl methyl sites for hydroxylation is 1. The first-order valence-corrected chi connectivity index (χ1v) is 11.4. The summed E-state index contributed by atoms with van der Waals surface area (Å²) in [5.74, 6) is -2.10. The van der Waals surface area contributed by atoms with Gasteiger partial charge in [-0.1, -0.05) is 31.5 Å². The second-order valence-corrected chi connectivity index (χ2v) is 9.85. The Morgan fingerprint density at radius 1 is 1.10 bits per heavy atom. The predicted octanol–water partition coefficient (Wildman–Crippen LogP) is 0.704. The minimum Gasteiger partial charge on any atom is -0.344 e. The van der Waals surface area contributed by atoms with E-state index in [0.717, 1.165) is 5.56 Å². The van der Waals surface area contributed by atoms with Crippen LogP contribution in [-0.4, -0.2) is 49.6 Å². The van der Waals surface area contributed by atoms with E-state index >= 15 is 0 Å². The van der Waals surface area contributed by atoms with Crippen molar-refractivity contribution in [1.29, 1.82) is 0 Å². The van der Waals surface area contributed by atoms with Crippen molar-refractivity contribution in [3.8, 4) is 0 Å². The van der Waals surface area contributed by atoms with Crippen LogP contribution < -0.4 is 16.2 Å². The molecule has 2 atom stereocenters. The average Bonchev–Trinajstić information content (AvgIpc) is 2.70. The molecule has 0 aliphatic carbocycles. The summed E-state index contributed by atoms with van der Waals surface area (Å²) in [6.45, 7) is 7.11. The number of sulfonamides is 1. The lowest BCUT2D eigenvalue weighted by Crippen LogP contribution is -2.56. The van der Waals surface area contributed by atoms with Gasteiger partial charge < -0.3 is 5.32 Å².